The Kier molecular flexibility index (Phi) is 4.61. The molecule has 1 aromatic carbocycles. The summed E-state index contributed by atoms with van der Waals surface area (Å²) in [5, 5.41) is 0. The molecule has 3 atom stereocenters. The third-order valence-electron chi connectivity index (χ3n) is 6.31. The van der Waals surface area contributed by atoms with Crippen LogP contribution in [0.4, 0.5) is 0 Å². The molecule has 0 N–H and O–H groups in total. The quantitative estimate of drug-likeness (QED) is 0.822. The molecule has 1 amide bonds. The topological polar surface area (TPSA) is 23.6 Å². The van der Waals surface area contributed by atoms with Crippen molar-refractivity contribution < 1.29 is 4.79 Å². The van der Waals surface area contributed by atoms with Gasteiger partial charge in [0.15, 0.2) is 0 Å². The molecule has 0 saturated carbocycles. The molecule has 4 rings (SSSR count). The number of nitrogens with zero attached hydrogens (tertiary/aromatic N) is 2. The van der Waals surface area contributed by atoms with Crippen LogP contribution in [0.3, 0.4) is 0 Å². The van der Waals surface area contributed by atoms with Crippen molar-refractivity contribution in [1.29, 1.82) is 0 Å². The minimum atomic E-state index is 0.235. The van der Waals surface area contributed by atoms with Gasteiger partial charge in [-0.25, -0.2) is 0 Å². The first-order valence-electron chi connectivity index (χ1n) is 9.29. The number of hydrogen-bond acceptors (Lipinski definition) is 3. The maximum absolute atomic E-state index is 12.3. The Labute approximate surface area is 149 Å². The SMILES string of the molecule is CC(=O)N1C[C@H]2CN(C3CCSCC3)C[C@H]2[C@H]1c1ccccc1C. The number of carbonyl (C=O) groups is 1. The van der Waals surface area contributed by atoms with E-state index in [4.69, 9.17) is 0 Å². The number of benzene rings is 1. The second-order valence-electron chi connectivity index (χ2n) is 7.69. The maximum atomic E-state index is 12.3. The van der Waals surface area contributed by atoms with Gasteiger partial charge in [-0.15, -0.1) is 0 Å². The van der Waals surface area contributed by atoms with Crippen LogP contribution in [0.25, 0.3) is 0 Å². The van der Waals surface area contributed by atoms with Gasteiger partial charge >= 0.3 is 0 Å². The van der Waals surface area contributed by atoms with Gasteiger partial charge in [-0.2, -0.15) is 11.8 Å². The predicted octanol–water partition coefficient (Wildman–Crippen LogP) is 3.34. The highest BCUT2D eigenvalue weighted by Crippen LogP contribution is 2.46. The van der Waals surface area contributed by atoms with Crippen LogP contribution in [0, 0.1) is 18.8 Å². The van der Waals surface area contributed by atoms with Crippen molar-refractivity contribution in [1.82, 2.24) is 9.80 Å². The van der Waals surface area contributed by atoms with Crippen LogP contribution in [0.5, 0.6) is 0 Å². The smallest absolute Gasteiger partial charge is 0.219 e. The molecule has 3 nitrogen and oxygen atoms in total. The third-order valence-corrected chi connectivity index (χ3v) is 7.36. The fourth-order valence-corrected chi connectivity index (χ4v) is 6.15. The number of aryl methyl sites for hydroxylation is 1. The molecule has 0 unspecified atom stereocenters. The largest absolute Gasteiger partial charge is 0.335 e. The van der Waals surface area contributed by atoms with Crippen molar-refractivity contribution in [3.63, 3.8) is 0 Å². The average molecular weight is 345 g/mol. The number of amides is 1. The summed E-state index contributed by atoms with van der Waals surface area (Å²) < 4.78 is 0. The number of carbonyl (C=O) groups excluding carboxylic acids is 1. The molecule has 0 spiro atoms. The molecule has 3 heterocycles. The summed E-state index contributed by atoms with van der Waals surface area (Å²) in [6.07, 6.45) is 2.69. The van der Waals surface area contributed by atoms with E-state index in [2.05, 4.69) is 52.8 Å². The van der Waals surface area contributed by atoms with Gasteiger partial charge in [0.2, 0.25) is 5.91 Å². The summed E-state index contributed by atoms with van der Waals surface area (Å²) in [6, 6.07) is 9.70. The van der Waals surface area contributed by atoms with E-state index in [1.54, 1.807) is 6.92 Å². The van der Waals surface area contributed by atoms with Gasteiger partial charge in [0.25, 0.3) is 0 Å². The number of rotatable bonds is 2. The van der Waals surface area contributed by atoms with Gasteiger partial charge in [0.1, 0.15) is 0 Å². The molecule has 24 heavy (non-hydrogen) atoms. The van der Waals surface area contributed by atoms with Crippen LogP contribution in [-0.4, -0.2) is 52.9 Å². The fourth-order valence-electron chi connectivity index (χ4n) is 5.07. The van der Waals surface area contributed by atoms with Crippen LogP contribution < -0.4 is 0 Å². The normalized spacial score (nSPS) is 31.4. The molecule has 0 aliphatic carbocycles. The monoisotopic (exact) mass is 344 g/mol. The van der Waals surface area contributed by atoms with Gasteiger partial charge in [0.05, 0.1) is 6.04 Å². The van der Waals surface area contributed by atoms with E-state index in [0.29, 0.717) is 11.8 Å². The molecule has 3 aliphatic heterocycles. The zero-order valence-electron chi connectivity index (χ0n) is 14.8. The number of fused-ring (bicyclic) bond motifs is 1. The highest BCUT2D eigenvalue weighted by molar-refractivity contribution is 7.99. The predicted molar refractivity (Wildman–Crippen MR) is 100 cm³/mol. The lowest BCUT2D eigenvalue weighted by molar-refractivity contribution is -0.130. The van der Waals surface area contributed by atoms with Gasteiger partial charge < -0.3 is 4.90 Å². The molecule has 3 fully saturated rings. The Morgan fingerprint density at radius 2 is 1.88 bits per heavy atom. The molecular weight excluding hydrogens is 316 g/mol. The fraction of sp³-hybridized carbons (Fsp3) is 0.650. The molecule has 4 heteroatoms. The van der Waals surface area contributed by atoms with Crippen LogP contribution in [-0.2, 0) is 4.79 Å². The van der Waals surface area contributed by atoms with Gasteiger partial charge in [-0.05, 0) is 48.3 Å². The van der Waals surface area contributed by atoms with Crippen molar-refractivity contribution in [3.05, 3.63) is 35.4 Å². The van der Waals surface area contributed by atoms with Crippen molar-refractivity contribution in [3.8, 4) is 0 Å². The molecule has 0 aromatic heterocycles. The molecule has 0 bridgehead atoms. The first-order valence-corrected chi connectivity index (χ1v) is 10.4. The summed E-state index contributed by atoms with van der Waals surface area (Å²) >= 11 is 2.10. The molecule has 130 valence electrons. The van der Waals surface area contributed by atoms with E-state index in [9.17, 15) is 4.79 Å². The standard InChI is InChI=1S/C20H28N2OS/c1-14-5-3-4-6-18(14)20-19-13-21(17-7-9-24-10-8-17)11-16(19)12-22(20)15(2)23/h3-6,16-17,19-20H,7-13H2,1-2H3/t16-,19-,20-/m1/s1. The Balaban J connectivity index is 1.59. The highest BCUT2D eigenvalue weighted by atomic mass is 32.2. The number of hydrogen-bond donors (Lipinski definition) is 0. The lowest BCUT2D eigenvalue weighted by atomic mass is 9.87. The van der Waals surface area contributed by atoms with Crippen LogP contribution in [0.15, 0.2) is 24.3 Å². The average Bonchev–Trinajstić information content (AvgIpc) is 3.14. The van der Waals surface area contributed by atoms with E-state index in [1.807, 2.05) is 0 Å². The summed E-state index contributed by atoms with van der Waals surface area (Å²) in [5.74, 6) is 4.12. The summed E-state index contributed by atoms with van der Waals surface area (Å²) in [4.78, 5) is 17.2. The second-order valence-corrected chi connectivity index (χ2v) is 8.92. The molecular formula is C20H28N2OS. The third kappa shape index (κ3) is 2.88. The van der Waals surface area contributed by atoms with Crippen molar-refractivity contribution in [2.45, 2.75) is 38.8 Å². The summed E-state index contributed by atoms with van der Waals surface area (Å²) in [5.41, 5.74) is 2.68. The van der Waals surface area contributed by atoms with Crippen LogP contribution >= 0.6 is 11.8 Å². The molecule has 0 radical (unpaired) electrons. The van der Waals surface area contributed by atoms with Crippen molar-refractivity contribution in [2.24, 2.45) is 11.8 Å². The highest BCUT2D eigenvalue weighted by Gasteiger charge is 2.49. The molecule has 3 saturated heterocycles. The van der Waals surface area contributed by atoms with Crippen molar-refractivity contribution in [2.75, 3.05) is 31.1 Å². The Morgan fingerprint density at radius 1 is 1.12 bits per heavy atom. The zero-order chi connectivity index (χ0) is 16.7. The van der Waals surface area contributed by atoms with Gasteiger partial charge in [-0.3, -0.25) is 9.69 Å². The summed E-state index contributed by atoms with van der Waals surface area (Å²) in [6.45, 7) is 7.22. The first-order chi connectivity index (χ1) is 11.6. The number of thioether (sulfide) groups is 1. The zero-order valence-corrected chi connectivity index (χ0v) is 15.6. The minimum absolute atomic E-state index is 0.235. The maximum Gasteiger partial charge on any atom is 0.219 e. The second kappa shape index (κ2) is 6.72. The lowest BCUT2D eigenvalue weighted by Gasteiger charge is -2.34. The van der Waals surface area contributed by atoms with E-state index in [0.717, 1.165) is 12.6 Å². The van der Waals surface area contributed by atoms with Gasteiger partial charge in [-0.1, -0.05) is 24.3 Å². The Bertz CT molecular complexity index is 613. The summed E-state index contributed by atoms with van der Waals surface area (Å²) in [7, 11) is 0. The van der Waals surface area contributed by atoms with E-state index >= 15 is 0 Å². The Hall–Kier alpha value is -1.00. The lowest BCUT2D eigenvalue weighted by Crippen LogP contribution is -2.40. The minimum Gasteiger partial charge on any atom is -0.335 e. The van der Waals surface area contributed by atoms with E-state index in [-0.39, 0.29) is 11.9 Å². The first kappa shape index (κ1) is 16.5. The molecule has 1 aromatic rings. The van der Waals surface area contributed by atoms with Crippen LogP contribution in [0.1, 0.15) is 36.9 Å². The molecule has 3 aliphatic rings. The van der Waals surface area contributed by atoms with Crippen molar-refractivity contribution >= 4 is 17.7 Å². The number of likely N-dealkylation sites (tertiary alicyclic amines) is 2. The van der Waals surface area contributed by atoms with Gasteiger partial charge in [0, 0.05) is 38.5 Å². The van der Waals surface area contributed by atoms with E-state index < -0.39 is 0 Å². The Morgan fingerprint density at radius 3 is 2.58 bits per heavy atom. The van der Waals surface area contributed by atoms with Crippen LogP contribution in [0.2, 0.25) is 0 Å². The van der Waals surface area contributed by atoms with E-state index in [1.165, 1.54) is 48.6 Å².